The summed E-state index contributed by atoms with van der Waals surface area (Å²) < 4.78 is 37.0. The van der Waals surface area contributed by atoms with Crippen molar-refractivity contribution in [2.24, 2.45) is 5.92 Å². The molecule has 248 valence electrons. The van der Waals surface area contributed by atoms with Gasteiger partial charge in [-0.25, -0.2) is 0 Å². The van der Waals surface area contributed by atoms with E-state index < -0.39 is 28.8 Å². The Morgan fingerprint density at radius 3 is 1.68 bits per heavy atom. The topological polar surface area (TPSA) is 72.5 Å². The van der Waals surface area contributed by atoms with Crippen molar-refractivity contribution in [2.45, 2.75) is 103 Å². The Morgan fingerprint density at radius 1 is 0.795 bits per heavy atom. The number of benzene rings is 2. The summed E-state index contributed by atoms with van der Waals surface area (Å²) in [7, 11) is -1.69. The van der Waals surface area contributed by atoms with Gasteiger partial charge in [-0.2, -0.15) is 0 Å². The summed E-state index contributed by atoms with van der Waals surface area (Å²) in [6.45, 7) is 17.7. The van der Waals surface area contributed by atoms with E-state index in [-0.39, 0.29) is 36.4 Å². The molecule has 0 N–H and O–H groups in total. The fourth-order valence-electron chi connectivity index (χ4n) is 6.31. The Balaban J connectivity index is 2.58. The highest BCUT2D eigenvalue weighted by Crippen LogP contribution is 2.38. The Hall–Kier alpha value is -1.70. The van der Waals surface area contributed by atoms with E-state index in [4.69, 9.17) is 27.8 Å². The van der Waals surface area contributed by atoms with Crippen molar-refractivity contribution >= 4 is 32.8 Å². The van der Waals surface area contributed by atoms with E-state index in [1.54, 1.807) is 14.2 Å². The molecule has 0 aromatic heterocycles. The van der Waals surface area contributed by atoms with Gasteiger partial charge in [-0.15, -0.1) is 0 Å². The molecule has 2 aromatic carbocycles. The molecule has 44 heavy (non-hydrogen) atoms. The minimum Gasteiger partial charge on any atom is -0.412 e. The Morgan fingerprint density at radius 2 is 1.27 bits per heavy atom. The van der Waals surface area contributed by atoms with E-state index >= 15 is 0 Å². The maximum absolute atomic E-state index is 12.7. The van der Waals surface area contributed by atoms with Crippen LogP contribution in [-0.2, 0) is 32.6 Å². The van der Waals surface area contributed by atoms with Crippen LogP contribution in [0.25, 0.3) is 0 Å². The third-order valence-electron chi connectivity index (χ3n) is 8.89. The highest BCUT2D eigenvalue weighted by molar-refractivity contribution is 6.99. The van der Waals surface area contributed by atoms with Gasteiger partial charge in [0, 0.05) is 14.2 Å². The molecule has 0 aliphatic rings. The molecule has 0 aliphatic heterocycles. The van der Waals surface area contributed by atoms with E-state index in [0.717, 1.165) is 18.1 Å². The zero-order chi connectivity index (χ0) is 32.8. The van der Waals surface area contributed by atoms with Gasteiger partial charge >= 0.3 is 0 Å². The lowest BCUT2D eigenvalue weighted by Gasteiger charge is -2.44. The summed E-state index contributed by atoms with van der Waals surface area (Å²) in [6.07, 6.45) is -0.880. The van der Waals surface area contributed by atoms with Crippen LogP contribution in [0.2, 0.25) is 23.2 Å². The molecule has 0 saturated carbocycles. The zero-order valence-electron chi connectivity index (χ0n) is 28.9. The van der Waals surface area contributed by atoms with E-state index in [0.29, 0.717) is 13.0 Å². The van der Waals surface area contributed by atoms with Crippen molar-refractivity contribution in [1.29, 1.82) is 0 Å². The fraction of sp³-hybridized carbons (Fsp3) is 0.629. The molecule has 4 atom stereocenters. The number of ether oxygens (including phenoxy) is 4. The van der Waals surface area contributed by atoms with Crippen molar-refractivity contribution in [3.63, 3.8) is 0 Å². The summed E-state index contributed by atoms with van der Waals surface area (Å²) in [5.41, 5.74) is 0. The summed E-state index contributed by atoms with van der Waals surface area (Å²) in [6, 6.07) is 24.5. The van der Waals surface area contributed by atoms with Crippen LogP contribution in [0.4, 0.5) is 0 Å². The minimum absolute atomic E-state index is 0.00175. The fourth-order valence-corrected chi connectivity index (χ4v) is 13.8. The zero-order valence-corrected chi connectivity index (χ0v) is 30.9. The van der Waals surface area contributed by atoms with Crippen LogP contribution in [0.3, 0.4) is 0 Å². The molecule has 0 amide bonds. The third kappa shape index (κ3) is 9.90. The second kappa shape index (κ2) is 18.4. The quantitative estimate of drug-likeness (QED) is 0.113. The Kier molecular flexibility index (Phi) is 16.1. The van der Waals surface area contributed by atoms with E-state index in [2.05, 4.69) is 109 Å². The molecule has 0 spiro atoms. The largest absolute Gasteiger partial charge is 0.412 e. The van der Waals surface area contributed by atoms with Gasteiger partial charge in [0.2, 0.25) is 0 Å². The Bertz CT molecular complexity index is 1030. The van der Waals surface area contributed by atoms with Crippen molar-refractivity contribution in [3.8, 4) is 0 Å². The van der Waals surface area contributed by atoms with Crippen LogP contribution in [0.5, 0.6) is 0 Å². The van der Waals surface area contributed by atoms with Gasteiger partial charge in [0.05, 0.1) is 18.8 Å². The van der Waals surface area contributed by atoms with Crippen LogP contribution in [0.1, 0.15) is 61.8 Å². The van der Waals surface area contributed by atoms with Gasteiger partial charge < -0.3 is 27.8 Å². The third-order valence-corrected chi connectivity index (χ3v) is 18.6. The first-order chi connectivity index (χ1) is 20.9. The summed E-state index contributed by atoms with van der Waals surface area (Å²) in [5, 5.41) is 2.32. The second-order valence-electron chi connectivity index (χ2n) is 12.8. The standard InChI is InChI=1S/C35H58O7Si2/c1-11-43(12-2,13-3)42-30(24-28(4)33(39-26-37-9)34(29(5)36)40-27-38-10)25-41-44(35(6,7)8,31-20-16-14-17-21-31)32-22-18-15-19-23-32/h14-23,28,30,33-34H,11-13,24-27H2,1-10H3/t28-,30+,33+,34+/m1/s1. The molecule has 7 nitrogen and oxygen atoms in total. The minimum atomic E-state index is -2.79. The van der Waals surface area contributed by atoms with Gasteiger partial charge in [0.1, 0.15) is 19.7 Å². The number of methoxy groups -OCH3 is 2. The monoisotopic (exact) mass is 646 g/mol. The van der Waals surface area contributed by atoms with Gasteiger partial charge in [-0.1, -0.05) is 109 Å². The highest BCUT2D eigenvalue weighted by Gasteiger charge is 2.51. The average Bonchev–Trinajstić information content (AvgIpc) is 3.01. The second-order valence-corrected chi connectivity index (χ2v) is 21.8. The number of hydrogen-bond acceptors (Lipinski definition) is 7. The van der Waals surface area contributed by atoms with Gasteiger partial charge in [0.25, 0.3) is 8.32 Å². The van der Waals surface area contributed by atoms with Gasteiger partial charge in [-0.05, 0) is 52.8 Å². The lowest BCUT2D eigenvalue weighted by Crippen LogP contribution is -2.67. The first-order valence-corrected chi connectivity index (χ1v) is 20.5. The molecule has 0 heterocycles. The molecule has 0 fully saturated rings. The van der Waals surface area contributed by atoms with Gasteiger partial charge in [0.15, 0.2) is 14.1 Å². The molecule has 0 aliphatic carbocycles. The van der Waals surface area contributed by atoms with Crippen molar-refractivity contribution in [2.75, 3.05) is 34.4 Å². The first-order valence-electron chi connectivity index (χ1n) is 16.1. The van der Waals surface area contributed by atoms with Crippen LogP contribution in [0.15, 0.2) is 60.7 Å². The molecule has 0 bridgehead atoms. The van der Waals surface area contributed by atoms with Crippen LogP contribution < -0.4 is 10.4 Å². The molecular weight excluding hydrogens is 589 g/mol. The average molecular weight is 647 g/mol. The van der Waals surface area contributed by atoms with Crippen LogP contribution >= 0.6 is 0 Å². The molecule has 2 rings (SSSR count). The lowest BCUT2D eigenvalue weighted by molar-refractivity contribution is -0.180. The normalized spacial score (nSPS) is 15.5. The van der Waals surface area contributed by atoms with E-state index in [1.807, 2.05) is 0 Å². The summed E-state index contributed by atoms with van der Waals surface area (Å²) in [4.78, 5) is 12.7. The smallest absolute Gasteiger partial charge is 0.261 e. The van der Waals surface area contributed by atoms with Crippen molar-refractivity contribution in [3.05, 3.63) is 60.7 Å². The maximum atomic E-state index is 12.7. The molecule has 2 aromatic rings. The number of rotatable bonds is 21. The molecule has 0 unspecified atom stereocenters. The van der Waals surface area contributed by atoms with E-state index in [9.17, 15) is 4.79 Å². The van der Waals surface area contributed by atoms with E-state index in [1.165, 1.54) is 17.3 Å². The number of ketones is 1. The highest BCUT2D eigenvalue weighted by atomic mass is 28.4. The molecule has 0 saturated heterocycles. The SMILES string of the molecule is CC[Si](CC)(CC)O[C@H](CO[Si](c1ccccc1)(c1ccccc1)C(C)(C)C)C[C@@H](C)[C@H](OCOC)[C@@H](OCOC)C(C)=O. The predicted octanol–water partition coefficient (Wildman–Crippen LogP) is 6.55. The molecular formula is C35H58O7Si2. The van der Waals surface area contributed by atoms with Crippen molar-refractivity contribution < 1.29 is 32.6 Å². The summed E-state index contributed by atoms with van der Waals surface area (Å²) in [5.74, 6) is -0.212. The number of hydrogen-bond donors (Lipinski definition) is 0. The van der Waals surface area contributed by atoms with Gasteiger partial charge in [-0.3, -0.25) is 4.79 Å². The first kappa shape index (κ1) is 38.5. The maximum Gasteiger partial charge on any atom is 0.261 e. The van der Waals surface area contributed by atoms with Crippen molar-refractivity contribution in [1.82, 2.24) is 0 Å². The predicted molar refractivity (Wildman–Crippen MR) is 184 cm³/mol. The van der Waals surface area contributed by atoms with Crippen LogP contribution in [-0.4, -0.2) is 75.1 Å². The number of carbonyl (C=O) groups is 1. The number of carbonyl (C=O) groups excluding carboxylic acids is 1. The number of Topliss-reactive ketones (excluding diaryl/α,β-unsaturated/α-hetero) is 1. The van der Waals surface area contributed by atoms with Crippen LogP contribution in [0, 0.1) is 5.92 Å². The Labute approximate surface area is 269 Å². The molecule has 0 radical (unpaired) electrons. The lowest BCUT2D eigenvalue weighted by atomic mass is 9.92. The summed E-state index contributed by atoms with van der Waals surface area (Å²) >= 11 is 0. The molecule has 9 heteroatoms.